The lowest BCUT2D eigenvalue weighted by Crippen LogP contribution is -2.32. The molecule has 0 saturated carbocycles. The molecule has 0 radical (unpaired) electrons. The minimum absolute atomic E-state index is 0.0718. The summed E-state index contributed by atoms with van der Waals surface area (Å²) in [5, 5.41) is 8.18. The van der Waals surface area contributed by atoms with E-state index in [9.17, 15) is 4.79 Å². The maximum Gasteiger partial charge on any atom is 0.226 e. The average molecular weight is 565 g/mol. The van der Waals surface area contributed by atoms with Gasteiger partial charge >= 0.3 is 0 Å². The molecule has 5 rings (SSSR count). The van der Waals surface area contributed by atoms with Crippen molar-refractivity contribution in [1.82, 2.24) is 19.8 Å². The van der Waals surface area contributed by atoms with E-state index >= 15 is 0 Å². The van der Waals surface area contributed by atoms with Gasteiger partial charge in [-0.15, -0.1) is 0 Å². The van der Waals surface area contributed by atoms with Crippen molar-refractivity contribution in [1.29, 1.82) is 0 Å². The molecule has 1 amide bonds. The number of aromatic nitrogens is 2. The first-order chi connectivity index (χ1) is 18.3. The lowest BCUT2D eigenvalue weighted by Gasteiger charge is -2.28. The first-order valence-corrected chi connectivity index (χ1v) is 13.5. The predicted molar refractivity (Wildman–Crippen MR) is 157 cm³/mol. The Balaban J connectivity index is 1.49. The van der Waals surface area contributed by atoms with Crippen LogP contribution in [0.3, 0.4) is 0 Å². The Hall–Kier alpha value is -3.39. The number of pyridine rings is 1. The van der Waals surface area contributed by atoms with Gasteiger partial charge in [0.25, 0.3) is 0 Å². The molecule has 1 saturated heterocycles. The van der Waals surface area contributed by atoms with Crippen LogP contribution in [0, 0.1) is 13.8 Å². The number of nitrogens with one attached hydrogen (secondary N) is 2. The van der Waals surface area contributed by atoms with Crippen LogP contribution in [0.15, 0.2) is 79.0 Å². The van der Waals surface area contributed by atoms with Crippen LogP contribution in [0.1, 0.15) is 41.1 Å². The summed E-state index contributed by atoms with van der Waals surface area (Å²) in [6, 6.07) is 22.6. The molecule has 2 aromatic carbocycles. The normalized spacial score (nSPS) is 16.9. The Kier molecular flexibility index (Phi) is 7.70. The number of para-hydroxylation sites is 1. The molecule has 2 atom stereocenters. The quantitative estimate of drug-likeness (QED) is 0.242. The molecule has 38 heavy (non-hydrogen) atoms. The fraction of sp³-hybridized carbons (Fsp3) is 0.207. The van der Waals surface area contributed by atoms with Gasteiger partial charge in [0, 0.05) is 41.3 Å². The van der Waals surface area contributed by atoms with Gasteiger partial charge in [-0.2, -0.15) is 0 Å². The Bertz CT molecular complexity index is 1480. The fourth-order valence-electron chi connectivity index (χ4n) is 5.07. The number of aryl methyl sites for hydroxylation is 1. The summed E-state index contributed by atoms with van der Waals surface area (Å²) >= 11 is 18.6. The summed E-state index contributed by atoms with van der Waals surface area (Å²) in [5.41, 5.74) is 5.65. The summed E-state index contributed by atoms with van der Waals surface area (Å²) in [4.78, 5) is 19.5. The van der Waals surface area contributed by atoms with Crippen LogP contribution < -0.4 is 10.6 Å². The molecule has 0 bridgehead atoms. The summed E-state index contributed by atoms with van der Waals surface area (Å²) in [6.45, 7) is 4.57. The lowest BCUT2D eigenvalue weighted by atomic mass is 9.96. The predicted octanol–water partition coefficient (Wildman–Crippen LogP) is 6.80. The van der Waals surface area contributed by atoms with E-state index < -0.39 is 0 Å². The Labute approximate surface area is 237 Å². The van der Waals surface area contributed by atoms with Crippen LogP contribution in [0.25, 0.3) is 5.69 Å². The smallest absolute Gasteiger partial charge is 0.226 e. The molecule has 0 spiro atoms. The third-order valence-electron chi connectivity index (χ3n) is 6.77. The molecule has 1 aliphatic heterocycles. The van der Waals surface area contributed by atoms with Gasteiger partial charge in [0.2, 0.25) is 5.91 Å². The van der Waals surface area contributed by atoms with E-state index in [1.165, 1.54) is 0 Å². The molecule has 2 unspecified atom stereocenters. The zero-order chi connectivity index (χ0) is 26.8. The van der Waals surface area contributed by atoms with Crippen molar-refractivity contribution in [2.45, 2.75) is 32.4 Å². The van der Waals surface area contributed by atoms with Crippen molar-refractivity contribution in [2.24, 2.45) is 0 Å². The second-order valence-corrected chi connectivity index (χ2v) is 10.5. The maximum absolute atomic E-state index is 12.8. The maximum atomic E-state index is 12.8. The van der Waals surface area contributed by atoms with Gasteiger partial charge in [0.05, 0.1) is 28.5 Å². The number of halogens is 2. The molecule has 4 aromatic rings. The number of amides is 1. The topological polar surface area (TPSA) is 62.2 Å². The molecular formula is C29H27Cl2N5OS. The van der Waals surface area contributed by atoms with Gasteiger partial charge in [-0.25, -0.2) is 0 Å². The first-order valence-electron chi connectivity index (χ1n) is 12.3. The highest BCUT2D eigenvalue weighted by Crippen LogP contribution is 2.42. The molecule has 194 valence electrons. The number of hydrogen-bond acceptors (Lipinski definition) is 3. The van der Waals surface area contributed by atoms with Gasteiger partial charge in [0.15, 0.2) is 5.11 Å². The number of thiocarbonyl (C=S) groups is 1. The van der Waals surface area contributed by atoms with E-state index in [-0.39, 0.29) is 24.4 Å². The molecule has 6 nitrogen and oxygen atoms in total. The van der Waals surface area contributed by atoms with Crippen molar-refractivity contribution >= 4 is 52.1 Å². The number of carbonyl (C=O) groups is 1. The average Bonchev–Trinajstić information content (AvgIpc) is 3.38. The number of hydrogen-bond donors (Lipinski definition) is 2. The zero-order valence-electron chi connectivity index (χ0n) is 21.0. The second-order valence-electron chi connectivity index (χ2n) is 9.24. The Morgan fingerprint density at radius 2 is 1.82 bits per heavy atom. The summed E-state index contributed by atoms with van der Waals surface area (Å²) in [5.74, 6) is -0.0718. The molecule has 2 N–H and O–H groups in total. The summed E-state index contributed by atoms with van der Waals surface area (Å²) in [6.07, 6.45) is 2.06. The molecule has 0 aliphatic carbocycles. The standard InChI is InChI=1S/C29H27Cl2N5OS/c1-18-16-22(19(2)36(18)25-12-11-20(30)17-23(25)31)28-27(24-10-6-7-14-32-24)34-29(38)35(28)15-13-26(37)33-21-8-4-3-5-9-21/h3-12,14,16-17,27-28H,13,15H2,1-2H3,(H,33,37)(H,34,38). The number of nitrogens with zero attached hydrogens (tertiary/aromatic N) is 3. The number of anilines is 1. The zero-order valence-corrected chi connectivity index (χ0v) is 23.3. The molecular weight excluding hydrogens is 537 g/mol. The van der Waals surface area contributed by atoms with Crippen LogP contribution >= 0.6 is 35.4 Å². The molecule has 1 fully saturated rings. The van der Waals surface area contributed by atoms with Gasteiger partial charge in [-0.1, -0.05) is 47.5 Å². The largest absolute Gasteiger partial charge is 0.352 e. The van der Waals surface area contributed by atoms with E-state index in [1.54, 1.807) is 12.3 Å². The van der Waals surface area contributed by atoms with Gasteiger partial charge in [-0.05, 0) is 80.2 Å². The van der Waals surface area contributed by atoms with Gasteiger partial charge in [0.1, 0.15) is 0 Å². The van der Waals surface area contributed by atoms with Crippen molar-refractivity contribution < 1.29 is 4.79 Å². The van der Waals surface area contributed by atoms with Crippen LogP contribution in [0.5, 0.6) is 0 Å². The van der Waals surface area contributed by atoms with E-state index in [1.807, 2.05) is 60.7 Å². The van der Waals surface area contributed by atoms with Crippen LogP contribution in [-0.2, 0) is 4.79 Å². The number of carbonyl (C=O) groups excluding carboxylic acids is 1. The summed E-state index contributed by atoms with van der Waals surface area (Å²) in [7, 11) is 0. The minimum atomic E-state index is -0.185. The fourth-order valence-corrected chi connectivity index (χ4v) is 5.90. The third kappa shape index (κ3) is 5.27. The van der Waals surface area contributed by atoms with Crippen molar-refractivity contribution in [2.75, 3.05) is 11.9 Å². The molecule has 9 heteroatoms. The molecule has 3 heterocycles. The molecule has 1 aliphatic rings. The second kappa shape index (κ2) is 11.2. The van der Waals surface area contributed by atoms with Gasteiger partial charge in [-0.3, -0.25) is 9.78 Å². The van der Waals surface area contributed by atoms with Crippen molar-refractivity contribution in [3.63, 3.8) is 0 Å². The van der Waals surface area contributed by atoms with Crippen LogP contribution in [-0.4, -0.2) is 32.0 Å². The first kappa shape index (κ1) is 26.2. The highest BCUT2D eigenvalue weighted by Gasteiger charge is 2.41. The molecule has 2 aromatic heterocycles. The lowest BCUT2D eigenvalue weighted by molar-refractivity contribution is -0.116. The highest BCUT2D eigenvalue weighted by molar-refractivity contribution is 7.80. The Morgan fingerprint density at radius 3 is 2.53 bits per heavy atom. The minimum Gasteiger partial charge on any atom is -0.352 e. The highest BCUT2D eigenvalue weighted by atomic mass is 35.5. The summed E-state index contributed by atoms with van der Waals surface area (Å²) < 4.78 is 2.13. The van der Waals surface area contributed by atoms with E-state index in [0.29, 0.717) is 21.7 Å². The van der Waals surface area contributed by atoms with Crippen molar-refractivity contribution in [3.8, 4) is 5.69 Å². The Morgan fingerprint density at radius 1 is 1.05 bits per heavy atom. The van der Waals surface area contributed by atoms with Crippen LogP contribution in [0.4, 0.5) is 5.69 Å². The SMILES string of the molecule is Cc1cc(C2C(c3ccccn3)NC(=S)N2CCC(=O)Nc2ccccc2)c(C)n1-c1ccc(Cl)cc1Cl. The monoisotopic (exact) mass is 563 g/mol. The van der Waals surface area contributed by atoms with E-state index in [0.717, 1.165) is 34.0 Å². The van der Waals surface area contributed by atoms with E-state index in [2.05, 4.69) is 45.0 Å². The third-order valence-corrected chi connectivity index (χ3v) is 7.66. The van der Waals surface area contributed by atoms with Crippen LogP contribution in [0.2, 0.25) is 10.0 Å². The van der Waals surface area contributed by atoms with Crippen molar-refractivity contribution in [3.05, 3.63) is 112 Å². The van der Waals surface area contributed by atoms with Gasteiger partial charge < -0.3 is 20.1 Å². The van der Waals surface area contributed by atoms with E-state index in [4.69, 9.17) is 35.4 Å². The number of rotatable bonds is 7. The number of benzene rings is 2.